The molecule has 0 bridgehead atoms. The van der Waals surface area contributed by atoms with Gasteiger partial charge in [0.15, 0.2) is 4.80 Å². The first-order valence-electron chi connectivity index (χ1n) is 9.67. The fourth-order valence-electron chi connectivity index (χ4n) is 3.26. The molecule has 6 nitrogen and oxygen atoms in total. The number of aromatic nitrogens is 1. The third-order valence-electron chi connectivity index (χ3n) is 5.09. The molecule has 8 heteroatoms. The molecule has 0 aliphatic carbocycles. The van der Waals surface area contributed by atoms with Crippen LogP contribution in [0.1, 0.15) is 21.5 Å². The molecule has 0 unspecified atom stereocenters. The van der Waals surface area contributed by atoms with Gasteiger partial charge in [-0.15, -0.1) is 13.2 Å². The van der Waals surface area contributed by atoms with Crippen molar-refractivity contribution in [3.63, 3.8) is 0 Å². The van der Waals surface area contributed by atoms with Gasteiger partial charge < -0.3 is 4.57 Å². The zero-order valence-corrected chi connectivity index (χ0v) is 19.5. The van der Waals surface area contributed by atoms with E-state index in [1.807, 2.05) is 17.7 Å². The van der Waals surface area contributed by atoms with Gasteiger partial charge in [-0.1, -0.05) is 29.6 Å². The van der Waals surface area contributed by atoms with Crippen molar-refractivity contribution in [1.82, 2.24) is 8.87 Å². The number of hydrogen-bond donors (Lipinski definition) is 0. The van der Waals surface area contributed by atoms with Gasteiger partial charge in [0, 0.05) is 25.7 Å². The number of carbonyl (C=O) groups excluding carboxylic acids is 1. The topological polar surface area (TPSA) is 71.7 Å². The third-order valence-corrected chi connectivity index (χ3v) is 8.03. The van der Waals surface area contributed by atoms with Crippen LogP contribution in [-0.2, 0) is 17.1 Å². The Bertz CT molecular complexity index is 1320. The quantitative estimate of drug-likeness (QED) is 0.506. The largest absolute Gasteiger partial charge is 0.319 e. The highest BCUT2D eigenvalue weighted by molar-refractivity contribution is 7.89. The molecule has 0 radical (unpaired) electrons. The predicted molar refractivity (Wildman–Crippen MR) is 126 cm³/mol. The average Bonchev–Trinajstić information content (AvgIpc) is 3.06. The Morgan fingerprint density at radius 1 is 1.10 bits per heavy atom. The molecule has 0 N–H and O–H groups in total. The van der Waals surface area contributed by atoms with Crippen LogP contribution in [0.15, 0.2) is 71.6 Å². The van der Waals surface area contributed by atoms with E-state index in [4.69, 9.17) is 0 Å². The van der Waals surface area contributed by atoms with Crippen molar-refractivity contribution in [3.8, 4) is 0 Å². The van der Waals surface area contributed by atoms with Crippen molar-refractivity contribution in [1.29, 1.82) is 0 Å². The smallest absolute Gasteiger partial charge is 0.279 e. The van der Waals surface area contributed by atoms with Gasteiger partial charge in [-0.2, -0.15) is 9.30 Å². The molecule has 162 valence electrons. The molecule has 0 saturated heterocycles. The Balaban J connectivity index is 1.95. The first kappa shape index (κ1) is 22.9. The number of amides is 1. The lowest BCUT2D eigenvalue weighted by molar-refractivity contribution is 0.0998. The number of nitrogens with zero attached hydrogens (tertiary/aromatic N) is 3. The fraction of sp³-hybridized carbons (Fsp3) is 0.217. The highest BCUT2D eigenvalue weighted by Gasteiger charge is 2.22. The molecular formula is C23H25N3O3S2. The Labute approximate surface area is 186 Å². The number of benzene rings is 2. The second kappa shape index (κ2) is 9.13. The summed E-state index contributed by atoms with van der Waals surface area (Å²) in [6.45, 7) is 11.7. The van der Waals surface area contributed by atoms with Crippen LogP contribution in [0.3, 0.4) is 0 Å². The highest BCUT2D eigenvalue weighted by Crippen LogP contribution is 2.23. The highest BCUT2D eigenvalue weighted by atomic mass is 32.2. The molecule has 1 aromatic heterocycles. The van der Waals surface area contributed by atoms with Crippen LogP contribution < -0.4 is 4.80 Å². The van der Waals surface area contributed by atoms with Crippen molar-refractivity contribution in [2.24, 2.45) is 12.0 Å². The molecular weight excluding hydrogens is 430 g/mol. The van der Waals surface area contributed by atoms with Gasteiger partial charge in [0.1, 0.15) is 0 Å². The number of sulfonamides is 1. The van der Waals surface area contributed by atoms with Gasteiger partial charge in [-0.3, -0.25) is 4.79 Å². The monoisotopic (exact) mass is 455 g/mol. The SMILES string of the molecule is C=CCN(CC=C)S(=O)(=O)c1ccc(C(=O)N=c2sc3ccc(C)c(C)c3n2C)cc1. The molecule has 31 heavy (non-hydrogen) atoms. The number of fused-ring (bicyclic) bond motifs is 1. The van der Waals surface area contributed by atoms with Crippen LogP contribution in [0.5, 0.6) is 0 Å². The van der Waals surface area contributed by atoms with Gasteiger partial charge in [0.05, 0.1) is 15.1 Å². The Hall–Kier alpha value is -2.81. The van der Waals surface area contributed by atoms with Crippen LogP contribution in [-0.4, -0.2) is 36.3 Å². The van der Waals surface area contributed by atoms with Crippen molar-refractivity contribution >= 4 is 37.5 Å². The lowest BCUT2D eigenvalue weighted by Gasteiger charge is -2.19. The minimum atomic E-state index is -3.71. The van der Waals surface area contributed by atoms with E-state index in [0.717, 1.165) is 15.8 Å². The molecule has 0 aliphatic rings. The first-order valence-corrected chi connectivity index (χ1v) is 11.9. The van der Waals surface area contributed by atoms with Crippen LogP contribution in [0.4, 0.5) is 0 Å². The van der Waals surface area contributed by atoms with E-state index >= 15 is 0 Å². The predicted octanol–water partition coefficient (Wildman–Crippen LogP) is 3.96. The number of thiazole rings is 1. The zero-order chi connectivity index (χ0) is 22.8. The summed E-state index contributed by atoms with van der Waals surface area (Å²) in [6.07, 6.45) is 3.04. The summed E-state index contributed by atoms with van der Waals surface area (Å²) >= 11 is 1.45. The number of hydrogen-bond acceptors (Lipinski definition) is 4. The van der Waals surface area contributed by atoms with Crippen LogP contribution in [0, 0.1) is 13.8 Å². The maximum Gasteiger partial charge on any atom is 0.279 e. The van der Waals surface area contributed by atoms with Gasteiger partial charge >= 0.3 is 0 Å². The molecule has 3 rings (SSSR count). The van der Waals surface area contributed by atoms with E-state index in [1.165, 1.54) is 57.6 Å². The molecule has 1 amide bonds. The summed E-state index contributed by atoms with van der Waals surface area (Å²) < 4.78 is 29.9. The summed E-state index contributed by atoms with van der Waals surface area (Å²) in [5, 5.41) is 0. The Kier molecular flexibility index (Phi) is 6.74. The van der Waals surface area contributed by atoms with E-state index in [2.05, 4.69) is 38.1 Å². The summed E-state index contributed by atoms with van der Waals surface area (Å²) in [5.74, 6) is -0.422. The molecule has 0 spiro atoms. The van der Waals surface area contributed by atoms with E-state index in [1.54, 1.807) is 0 Å². The van der Waals surface area contributed by atoms with Crippen molar-refractivity contribution < 1.29 is 13.2 Å². The van der Waals surface area contributed by atoms with Gasteiger partial charge in [-0.25, -0.2) is 8.42 Å². The average molecular weight is 456 g/mol. The fourth-order valence-corrected chi connectivity index (χ4v) is 5.72. The molecule has 0 atom stereocenters. The second-order valence-corrected chi connectivity index (χ2v) is 10.1. The normalized spacial score (nSPS) is 12.5. The molecule has 0 saturated carbocycles. The maximum atomic E-state index is 12.8. The first-order chi connectivity index (χ1) is 14.7. The van der Waals surface area contributed by atoms with E-state index < -0.39 is 15.9 Å². The summed E-state index contributed by atoms with van der Waals surface area (Å²) in [4.78, 5) is 17.7. The maximum absolute atomic E-state index is 12.8. The molecule has 2 aromatic carbocycles. The minimum Gasteiger partial charge on any atom is -0.319 e. The second-order valence-electron chi connectivity index (χ2n) is 7.14. The number of aryl methyl sites for hydroxylation is 3. The molecule has 0 fully saturated rings. The zero-order valence-electron chi connectivity index (χ0n) is 17.8. The molecule has 0 aliphatic heterocycles. The lowest BCUT2D eigenvalue weighted by Crippen LogP contribution is -2.31. The van der Waals surface area contributed by atoms with Crippen molar-refractivity contribution in [2.45, 2.75) is 18.7 Å². The van der Waals surface area contributed by atoms with Crippen LogP contribution >= 0.6 is 11.3 Å². The van der Waals surface area contributed by atoms with E-state index in [0.29, 0.717) is 10.4 Å². The van der Waals surface area contributed by atoms with Gasteiger partial charge in [0.25, 0.3) is 5.91 Å². The van der Waals surface area contributed by atoms with E-state index in [-0.39, 0.29) is 18.0 Å². The molecule has 3 aromatic rings. The number of carbonyl (C=O) groups is 1. The summed E-state index contributed by atoms with van der Waals surface area (Å²) in [7, 11) is -1.82. The van der Waals surface area contributed by atoms with Gasteiger partial charge in [0.2, 0.25) is 10.0 Å². The Morgan fingerprint density at radius 3 is 2.29 bits per heavy atom. The summed E-state index contributed by atoms with van der Waals surface area (Å²) in [6, 6.07) is 9.92. The molecule has 1 heterocycles. The Morgan fingerprint density at radius 2 is 1.71 bits per heavy atom. The van der Waals surface area contributed by atoms with Crippen LogP contribution in [0.25, 0.3) is 10.2 Å². The van der Waals surface area contributed by atoms with Gasteiger partial charge in [-0.05, 0) is 55.3 Å². The summed E-state index contributed by atoms with van der Waals surface area (Å²) in [5.41, 5.74) is 3.71. The third kappa shape index (κ3) is 4.46. The van der Waals surface area contributed by atoms with Crippen LogP contribution in [0.2, 0.25) is 0 Å². The van der Waals surface area contributed by atoms with Crippen molar-refractivity contribution in [2.75, 3.05) is 13.1 Å². The standard InChI is InChI=1S/C23H25N3O3S2/c1-6-14-26(15-7-2)31(28,29)19-11-9-18(10-12-19)22(27)24-23-25(5)21-17(4)16(3)8-13-20(21)30-23/h6-13H,1-2,14-15H2,3-5H3. The van der Waals surface area contributed by atoms with Crippen molar-refractivity contribution in [3.05, 3.63) is 83.2 Å². The minimum absolute atomic E-state index is 0.103. The number of rotatable bonds is 7. The van der Waals surface area contributed by atoms with E-state index in [9.17, 15) is 13.2 Å². The lowest BCUT2D eigenvalue weighted by atomic mass is 10.1.